The van der Waals surface area contributed by atoms with Crippen LogP contribution in [0.2, 0.25) is 0 Å². The van der Waals surface area contributed by atoms with Gasteiger partial charge in [-0.25, -0.2) is 4.39 Å². The van der Waals surface area contributed by atoms with Crippen LogP contribution in [0.25, 0.3) is 0 Å². The molecule has 0 aromatic rings. The third-order valence-electron chi connectivity index (χ3n) is 1.70. The maximum Gasteiger partial charge on any atom is 0.116 e. The van der Waals surface area contributed by atoms with E-state index in [9.17, 15) is 4.39 Å². The van der Waals surface area contributed by atoms with Crippen LogP contribution in [-0.4, -0.2) is 31.2 Å². The highest BCUT2D eigenvalue weighted by Gasteiger charge is 2.26. The van der Waals surface area contributed by atoms with E-state index in [0.29, 0.717) is 6.54 Å². The second-order valence-corrected chi connectivity index (χ2v) is 2.71. The first-order chi connectivity index (χ1) is 3.70. The molecule has 0 unspecified atom stereocenters. The Labute approximate surface area is 49.5 Å². The number of hydrogen-bond donors (Lipinski definition) is 0. The molecule has 0 aromatic carbocycles. The number of hydrogen-bond acceptors (Lipinski definition) is 1. The Morgan fingerprint density at radius 2 is 2.12 bits per heavy atom. The van der Waals surface area contributed by atoms with Crippen LogP contribution in [0.4, 0.5) is 4.39 Å². The summed E-state index contributed by atoms with van der Waals surface area (Å²) >= 11 is 0. The highest BCUT2D eigenvalue weighted by Crippen LogP contribution is 2.16. The predicted octanol–water partition coefficient (Wildman–Crippen LogP) is 0.906. The van der Waals surface area contributed by atoms with E-state index in [-0.39, 0.29) is 5.92 Å². The summed E-state index contributed by atoms with van der Waals surface area (Å²) in [5.41, 5.74) is 0. The molecule has 1 saturated heterocycles. The van der Waals surface area contributed by atoms with Crippen LogP contribution in [-0.2, 0) is 0 Å². The molecule has 0 aliphatic carbocycles. The molecule has 8 heavy (non-hydrogen) atoms. The highest BCUT2D eigenvalue weighted by molar-refractivity contribution is 4.78. The Morgan fingerprint density at radius 3 is 2.25 bits per heavy atom. The summed E-state index contributed by atoms with van der Waals surface area (Å²) in [6, 6.07) is 0. The van der Waals surface area contributed by atoms with Gasteiger partial charge in [-0.3, -0.25) is 0 Å². The maximum atomic E-state index is 12.5. The van der Waals surface area contributed by atoms with Gasteiger partial charge in [-0.05, 0) is 7.05 Å². The van der Waals surface area contributed by atoms with E-state index in [2.05, 4.69) is 0 Å². The molecule has 0 bridgehead atoms. The smallest absolute Gasteiger partial charge is 0.116 e. The monoisotopic (exact) mass is 117 g/mol. The van der Waals surface area contributed by atoms with Crippen molar-refractivity contribution in [2.45, 2.75) is 13.1 Å². The second-order valence-electron chi connectivity index (χ2n) is 2.71. The SMILES string of the molecule is C[C@H]1CN(C)C[C@@H]1F. The molecular formula is C6H12FN. The number of nitrogens with zero attached hydrogens (tertiary/aromatic N) is 1. The van der Waals surface area contributed by atoms with Crippen molar-refractivity contribution in [3.8, 4) is 0 Å². The molecule has 1 heterocycles. The van der Waals surface area contributed by atoms with Crippen LogP contribution in [0, 0.1) is 5.92 Å². The molecule has 1 aliphatic rings. The Hall–Kier alpha value is -0.110. The Morgan fingerprint density at radius 1 is 1.50 bits per heavy atom. The molecule has 1 fully saturated rings. The third-order valence-corrected chi connectivity index (χ3v) is 1.70. The zero-order chi connectivity index (χ0) is 6.15. The molecule has 0 aromatic heterocycles. The predicted molar refractivity (Wildman–Crippen MR) is 31.6 cm³/mol. The first-order valence-electron chi connectivity index (χ1n) is 3.03. The first-order valence-corrected chi connectivity index (χ1v) is 3.03. The van der Waals surface area contributed by atoms with Crippen molar-refractivity contribution in [3.63, 3.8) is 0 Å². The van der Waals surface area contributed by atoms with Crippen LogP contribution in [0.5, 0.6) is 0 Å². The average Bonchev–Trinajstić information content (AvgIpc) is 1.85. The molecule has 0 N–H and O–H groups in total. The summed E-state index contributed by atoms with van der Waals surface area (Å²) in [6.07, 6.45) is -0.583. The molecule has 0 radical (unpaired) electrons. The minimum Gasteiger partial charge on any atom is -0.303 e. The molecule has 2 atom stereocenters. The fourth-order valence-corrected chi connectivity index (χ4v) is 1.16. The van der Waals surface area contributed by atoms with Crippen molar-refractivity contribution >= 4 is 0 Å². The van der Waals surface area contributed by atoms with Crippen molar-refractivity contribution in [1.29, 1.82) is 0 Å². The normalized spacial score (nSPS) is 40.9. The highest BCUT2D eigenvalue weighted by atomic mass is 19.1. The molecule has 0 spiro atoms. The summed E-state index contributed by atoms with van der Waals surface area (Å²) in [5, 5.41) is 0. The summed E-state index contributed by atoms with van der Waals surface area (Å²) in [4.78, 5) is 2.02. The molecule has 1 rings (SSSR count). The molecule has 2 heteroatoms. The lowest BCUT2D eigenvalue weighted by atomic mass is 10.1. The van der Waals surface area contributed by atoms with E-state index in [0.717, 1.165) is 6.54 Å². The lowest BCUT2D eigenvalue weighted by molar-refractivity contribution is 0.289. The summed E-state index contributed by atoms with van der Waals surface area (Å²) < 4.78 is 12.5. The summed E-state index contributed by atoms with van der Waals surface area (Å²) in [6.45, 7) is 3.50. The van der Waals surface area contributed by atoms with Crippen LogP contribution >= 0.6 is 0 Å². The average molecular weight is 117 g/mol. The van der Waals surface area contributed by atoms with Gasteiger partial charge in [0, 0.05) is 19.0 Å². The third kappa shape index (κ3) is 0.996. The topological polar surface area (TPSA) is 3.24 Å². The van der Waals surface area contributed by atoms with Gasteiger partial charge in [0.1, 0.15) is 6.17 Å². The van der Waals surface area contributed by atoms with Crippen molar-refractivity contribution in [2.24, 2.45) is 5.92 Å². The fourth-order valence-electron chi connectivity index (χ4n) is 1.16. The minimum absolute atomic E-state index is 0.250. The van der Waals surface area contributed by atoms with E-state index >= 15 is 0 Å². The second kappa shape index (κ2) is 2.02. The van der Waals surface area contributed by atoms with Crippen LogP contribution < -0.4 is 0 Å². The largest absolute Gasteiger partial charge is 0.303 e. The van der Waals surface area contributed by atoms with Gasteiger partial charge in [0.15, 0.2) is 0 Å². The van der Waals surface area contributed by atoms with Crippen LogP contribution in [0.1, 0.15) is 6.92 Å². The Bertz CT molecular complexity index is 74.6. The quantitative estimate of drug-likeness (QED) is 0.455. The summed E-state index contributed by atoms with van der Waals surface area (Å²) in [7, 11) is 1.95. The van der Waals surface area contributed by atoms with Gasteiger partial charge in [-0.2, -0.15) is 0 Å². The lowest BCUT2D eigenvalue weighted by Crippen LogP contribution is -2.13. The van der Waals surface area contributed by atoms with Crippen LogP contribution in [0.15, 0.2) is 0 Å². The van der Waals surface area contributed by atoms with E-state index in [4.69, 9.17) is 0 Å². The van der Waals surface area contributed by atoms with Crippen molar-refractivity contribution in [1.82, 2.24) is 4.90 Å². The minimum atomic E-state index is -0.583. The van der Waals surface area contributed by atoms with E-state index in [1.54, 1.807) is 0 Å². The molecule has 0 amide bonds. The van der Waals surface area contributed by atoms with Gasteiger partial charge in [-0.15, -0.1) is 0 Å². The van der Waals surface area contributed by atoms with Crippen molar-refractivity contribution in [3.05, 3.63) is 0 Å². The molecule has 48 valence electrons. The number of rotatable bonds is 0. The zero-order valence-electron chi connectivity index (χ0n) is 5.39. The molecular weight excluding hydrogens is 105 g/mol. The number of halogens is 1. The maximum absolute atomic E-state index is 12.5. The summed E-state index contributed by atoms with van der Waals surface area (Å²) in [5.74, 6) is 0.250. The van der Waals surface area contributed by atoms with E-state index in [1.807, 2.05) is 18.9 Å². The Balaban J connectivity index is 2.39. The van der Waals surface area contributed by atoms with E-state index in [1.165, 1.54) is 0 Å². The van der Waals surface area contributed by atoms with Crippen LogP contribution in [0.3, 0.4) is 0 Å². The standard InChI is InChI=1S/C6H12FN/c1-5-3-8(2)4-6(5)7/h5-6H,3-4H2,1-2H3/t5-,6-/m0/s1. The first kappa shape index (κ1) is 6.02. The number of alkyl halides is 1. The molecule has 1 nitrogen and oxygen atoms in total. The van der Waals surface area contributed by atoms with E-state index < -0.39 is 6.17 Å². The van der Waals surface area contributed by atoms with Gasteiger partial charge in [0.25, 0.3) is 0 Å². The molecule has 0 saturated carbocycles. The molecule has 1 aliphatic heterocycles. The zero-order valence-corrected chi connectivity index (χ0v) is 5.39. The van der Waals surface area contributed by atoms with Gasteiger partial charge in [-0.1, -0.05) is 6.92 Å². The fraction of sp³-hybridized carbons (Fsp3) is 1.00. The van der Waals surface area contributed by atoms with Gasteiger partial charge < -0.3 is 4.90 Å². The van der Waals surface area contributed by atoms with Gasteiger partial charge in [0.2, 0.25) is 0 Å². The van der Waals surface area contributed by atoms with Crippen molar-refractivity contribution in [2.75, 3.05) is 20.1 Å². The Kier molecular flexibility index (Phi) is 1.52. The van der Waals surface area contributed by atoms with Gasteiger partial charge in [0.05, 0.1) is 0 Å². The lowest BCUT2D eigenvalue weighted by Gasteiger charge is -2.02. The van der Waals surface area contributed by atoms with Crippen molar-refractivity contribution < 1.29 is 4.39 Å². The van der Waals surface area contributed by atoms with Gasteiger partial charge >= 0.3 is 0 Å². The number of likely N-dealkylation sites (tertiary alicyclic amines) is 1.